The minimum Gasteiger partial charge on any atom is -0.479 e. The van der Waals surface area contributed by atoms with E-state index in [1.807, 2.05) is 0 Å². The summed E-state index contributed by atoms with van der Waals surface area (Å²) in [5.74, 6) is -2.16. The van der Waals surface area contributed by atoms with Crippen LogP contribution in [0.4, 0.5) is 13.2 Å². The van der Waals surface area contributed by atoms with Gasteiger partial charge in [-0.1, -0.05) is 0 Å². The second-order valence-electron chi connectivity index (χ2n) is 3.20. The van der Waals surface area contributed by atoms with Crippen LogP contribution in [-0.2, 0) is 16.9 Å². The predicted molar refractivity (Wildman–Crippen MR) is 47.5 cm³/mol. The minimum absolute atomic E-state index is 0.327. The Hall–Kier alpha value is -1.57. The first-order valence-corrected chi connectivity index (χ1v) is 4.35. The van der Waals surface area contributed by atoms with E-state index in [4.69, 9.17) is 10.8 Å². The number of nitrogens with zero attached hydrogens (tertiary/aromatic N) is 2. The van der Waals surface area contributed by atoms with Gasteiger partial charge in [-0.3, -0.25) is 4.68 Å². The van der Waals surface area contributed by atoms with Crippen molar-refractivity contribution in [2.24, 2.45) is 5.73 Å². The maximum absolute atomic E-state index is 12.6. The minimum atomic E-state index is -5.08. The molecule has 8 heteroatoms. The van der Waals surface area contributed by atoms with Gasteiger partial charge in [0.05, 0.1) is 6.20 Å². The van der Waals surface area contributed by atoms with Crippen LogP contribution in [0.3, 0.4) is 0 Å². The number of halogens is 3. The summed E-state index contributed by atoms with van der Waals surface area (Å²) in [6.45, 7) is 1.98. The highest BCUT2D eigenvalue weighted by Crippen LogP contribution is 2.36. The second kappa shape index (κ2) is 3.78. The topological polar surface area (TPSA) is 81.1 Å². The van der Waals surface area contributed by atoms with E-state index < -0.39 is 23.2 Å². The van der Waals surface area contributed by atoms with E-state index in [1.165, 1.54) is 4.68 Å². The van der Waals surface area contributed by atoms with Crippen molar-refractivity contribution in [2.45, 2.75) is 25.2 Å². The largest absolute Gasteiger partial charge is 0.479 e. The first-order chi connectivity index (χ1) is 7.23. The first kappa shape index (κ1) is 12.5. The molecule has 0 saturated carbocycles. The quantitative estimate of drug-likeness (QED) is 0.810. The highest BCUT2D eigenvalue weighted by Gasteiger charge is 2.60. The molecule has 0 aliphatic rings. The SMILES string of the molecule is CCn1cc(C(N)(C(=O)O)C(F)(F)F)cn1. The molecule has 0 bridgehead atoms. The highest BCUT2D eigenvalue weighted by atomic mass is 19.4. The lowest BCUT2D eigenvalue weighted by Gasteiger charge is -2.25. The van der Waals surface area contributed by atoms with Crippen LogP contribution < -0.4 is 5.73 Å². The van der Waals surface area contributed by atoms with Crippen LogP contribution in [0.2, 0.25) is 0 Å². The molecule has 0 amide bonds. The fourth-order valence-corrected chi connectivity index (χ4v) is 1.15. The Morgan fingerprint density at radius 1 is 1.62 bits per heavy atom. The van der Waals surface area contributed by atoms with Crippen molar-refractivity contribution in [3.63, 3.8) is 0 Å². The zero-order valence-electron chi connectivity index (χ0n) is 8.32. The third kappa shape index (κ3) is 1.75. The lowest BCUT2D eigenvalue weighted by atomic mass is 9.93. The summed E-state index contributed by atoms with van der Waals surface area (Å²) in [6, 6.07) is 0. The van der Waals surface area contributed by atoms with Crippen LogP contribution in [0.25, 0.3) is 0 Å². The van der Waals surface area contributed by atoms with Crippen LogP contribution in [0.15, 0.2) is 12.4 Å². The summed E-state index contributed by atoms with van der Waals surface area (Å²) in [6.07, 6.45) is -3.30. The molecule has 0 aliphatic heterocycles. The predicted octanol–water partition coefficient (Wildman–Crippen LogP) is 0.704. The Morgan fingerprint density at radius 3 is 2.50 bits per heavy atom. The van der Waals surface area contributed by atoms with Gasteiger partial charge in [-0.15, -0.1) is 0 Å². The smallest absolute Gasteiger partial charge is 0.421 e. The van der Waals surface area contributed by atoms with Gasteiger partial charge in [0.15, 0.2) is 0 Å². The van der Waals surface area contributed by atoms with Crippen LogP contribution in [0.5, 0.6) is 0 Å². The number of hydrogen-bond acceptors (Lipinski definition) is 3. The number of rotatable bonds is 3. The Morgan fingerprint density at radius 2 is 2.19 bits per heavy atom. The molecule has 1 aromatic heterocycles. The zero-order chi connectivity index (χ0) is 12.6. The lowest BCUT2D eigenvalue weighted by Crippen LogP contribution is -2.56. The summed E-state index contributed by atoms with van der Waals surface area (Å²) in [7, 11) is 0. The summed E-state index contributed by atoms with van der Waals surface area (Å²) in [5, 5.41) is 12.2. The maximum Gasteiger partial charge on any atom is 0.421 e. The molecule has 90 valence electrons. The number of alkyl halides is 3. The molecule has 1 aromatic rings. The van der Waals surface area contributed by atoms with Crippen molar-refractivity contribution in [3.05, 3.63) is 18.0 Å². The van der Waals surface area contributed by atoms with Gasteiger partial charge in [-0.25, -0.2) is 4.79 Å². The molecule has 1 unspecified atom stereocenters. The Kier molecular flexibility index (Phi) is 2.95. The van der Waals surface area contributed by atoms with Gasteiger partial charge in [0.1, 0.15) is 0 Å². The lowest BCUT2D eigenvalue weighted by molar-refractivity contribution is -0.204. The second-order valence-corrected chi connectivity index (χ2v) is 3.20. The van der Waals surface area contributed by atoms with Crippen molar-refractivity contribution in [1.29, 1.82) is 0 Å². The third-order valence-corrected chi connectivity index (χ3v) is 2.20. The van der Waals surface area contributed by atoms with E-state index in [1.54, 1.807) is 6.92 Å². The normalized spacial score (nSPS) is 15.8. The maximum atomic E-state index is 12.6. The molecule has 0 spiro atoms. The molecule has 1 atom stereocenters. The van der Waals surface area contributed by atoms with E-state index in [0.717, 1.165) is 12.4 Å². The molecule has 5 nitrogen and oxygen atoms in total. The van der Waals surface area contributed by atoms with Gasteiger partial charge in [0.25, 0.3) is 0 Å². The molecule has 1 heterocycles. The Labute approximate surface area is 88.7 Å². The van der Waals surface area contributed by atoms with Gasteiger partial charge in [0.2, 0.25) is 5.54 Å². The van der Waals surface area contributed by atoms with Crippen molar-refractivity contribution in [2.75, 3.05) is 0 Å². The van der Waals surface area contributed by atoms with E-state index in [2.05, 4.69) is 5.10 Å². The number of aryl methyl sites for hydroxylation is 1. The van der Waals surface area contributed by atoms with E-state index in [9.17, 15) is 18.0 Å². The van der Waals surface area contributed by atoms with Crippen LogP contribution in [-0.4, -0.2) is 27.0 Å². The molecule has 0 saturated heterocycles. The molecule has 0 aliphatic carbocycles. The average molecular weight is 237 g/mol. The van der Waals surface area contributed by atoms with Crippen molar-refractivity contribution in [3.8, 4) is 0 Å². The van der Waals surface area contributed by atoms with Gasteiger partial charge >= 0.3 is 12.1 Å². The molecular weight excluding hydrogens is 227 g/mol. The number of hydrogen-bond donors (Lipinski definition) is 2. The van der Waals surface area contributed by atoms with Crippen molar-refractivity contribution in [1.82, 2.24) is 9.78 Å². The number of nitrogens with two attached hydrogens (primary N) is 1. The first-order valence-electron chi connectivity index (χ1n) is 4.35. The third-order valence-electron chi connectivity index (χ3n) is 2.20. The molecule has 0 aromatic carbocycles. The fourth-order valence-electron chi connectivity index (χ4n) is 1.15. The van der Waals surface area contributed by atoms with Crippen LogP contribution >= 0.6 is 0 Å². The van der Waals surface area contributed by atoms with Gasteiger partial charge in [-0.2, -0.15) is 18.3 Å². The number of carboxylic acids is 1. The molecule has 3 N–H and O–H groups in total. The monoisotopic (exact) mass is 237 g/mol. The molecule has 1 rings (SSSR count). The molecular formula is C8H10F3N3O2. The number of aliphatic carboxylic acids is 1. The van der Waals surface area contributed by atoms with Gasteiger partial charge in [0, 0.05) is 18.3 Å². The van der Waals surface area contributed by atoms with E-state index >= 15 is 0 Å². The Balaban J connectivity index is 3.27. The van der Waals surface area contributed by atoms with Crippen molar-refractivity contribution >= 4 is 5.97 Å². The van der Waals surface area contributed by atoms with Crippen LogP contribution in [0, 0.1) is 0 Å². The highest BCUT2D eigenvalue weighted by molar-refractivity contribution is 5.81. The average Bonchev–Trinajstić information content (AvgIpc) is 2.62. The van der Waals surface area contributed by atoms with Crippen molar-refractivity contribution < 1.29 is 23.1 Å². The summed E-state index contributed by atoms with van der Waals surface area (Å²) in [4.78, 5) is 10.7. The molecule has 16 heavy (non-hydrogen) atoms. The zero-order valence-corrected chi connectivity index (χ0v) is 8.32. The standard InChI is InChI=1S/C8H10F3N3O2/c1-2-14-4-5(3-13-14)7(12,6(15)16)8(9,10)11/h3-4H,2,12H2,1H3,(H,15,16). The number of carboxylic acid groups (broad SMARTS) is 1. The summed E-state index contributed by atoms with van der Waals surface area (Å²) in [5.41, 5.74) is 0.925. The van der Waals surface area contributed by atoms with E-state index in [0.29, 0.717) is 6.54 Å². The van der Waals surface area contributed by atoms with Gasteiger partial charge < -0.3 is 10.8 Å². The number of carbonyl (C=O) groups is 1. The summed E-state index contributed by atoms with van der Waals surface area (Å²) >= 11 is 0. The fraction of sp³-hybridized carbons (Fsp3) is 0.500. The Bertz CT molecular complexity index is 401. The number of aromatic nitrogens is 2. The van der Waals surface area contributed by atoms with Gasteiger partial charge in [-0.05, 0) is 6.92 Å². The van der Waals surface area contributed by atoms with E-state index in [-0.39, 0.29) is 0 Å². The summed E-state index contributed by atoms with van der Waals surface area (Å²) < 4.78 is 39.0. The molecule has 0 fully saturated rings. The van der Waals surface area contributed by atoms with Crippen LogP contribution in [0.1, 0.15) is 12.5 Å². The molecule has 0 radical (unpaired) electrons.